The lowest BCUT2D eigenvalue weighted by molar-refractivity contribution is -0.551. The normalized spacial score (nSPS) is 25.8. The first kappa shape index (κ1) is 22.1. The number of anilines is 1. The van der Waals surface area contributed by atoms with Gasteiger partial charge in [-0.3, -0.25) is 19.7 Å². The summed E-state index contributed by atoms with van der Waals surface area (Å²) < 4.78 is 5.80. The van der Waals surface area contributed by atoms with Crippen LogP contribution in [0.5, 0.6) is 0 Å². The van der Waals surface area contributed by atoms with Gasteiger partial charge in [0.2, 0.25) is 0 Å². The van der Waals surface area contributed by atoms with Gasteiger partial charge in [-0.15, -0.1) is 0 Å². The average molecular weight is 477 g/mol. The number of amides is 1. The lowest BCUT2D eigenvalue weighted by atomic mass is 9.70. The zero-order valence-electron chi connectivity index (χ0n) is 18.3. The molecule has 1 amide bonds. The average Bonchev–Trinajstić information content (AvgIpc) is 3.04. The summed E-state index contributed by atoms with van der Waals surface area (Å²) in [6.45, 7) is 1.77. The molecule has 0 bridgehead atoms. The van der Waals surface area contributed by atoms with Gasteiger partial charge in [-0.1, -0.05) is 79.2 Å². The molecule has 3 aromatic carbocycles. The van der Waals surface area contributed by atoms with Crippen LogP contribution in [0.4, 0.5) is 5.69 Å². The Morgan fingerprint density at radius 2 is 1.68 bits per heavy atom. The van der Waals surface area contributed by atoms with Crippen LogP contribution >= 0.6 is 11.6 Å². The van der Waals surface area contributed by atoms with E-state index in [0.29, 0.717) is 16.3 Å². The van der Waals surface area contributed by atoms with Crippen molar-refractivity contribution in [3.8, 4) is 0 Å². The van der Waals surface area contributed by atoms with Gasteiger partial charge in [-0.05, 0) is 29.3 Å². The van der Waals surface area contributed by atoms with Crippen LogP contribution in [-0.4, -0.2) is 22.8 Å². The lowest BCUT2D eigenvalue weighted by Crippen LogP contribution is -2.61. The number of nitrogens with zero attached hydrogens (tertiary/aromatic N) is 2. The lowest BCUT2D eigenvalue weighted by Gasteiger charge is -2.41. The number of benzene rings is 3. The molecule has 0 unspecified atom stereocenters. The molecular formula is C26H21ClN2O5. The molecular weight excluding hydrogens is 456 g/mol. The fourth-order valence-corrected chi connectivity index (χ4v) is 5.36. The summed E-state index contributed by atoms with van der Waals surface area (Å²) in [5, 5.41) is 13.0. The van der Waals surface area contributed by atoms with Crippen LogP contribution in [0.2, 0.25) is 5.02 Å². The molecule has 0 saturated carbocycles. The molecule has 1 spiro atoms. The van der Waals surface area contributed by atoms with Gasteiger partial charge >= 0.3 is 5.97 Å². The van der Waals surface area contributed by atoms with E-state index in [1.807, 2.05) is 30.3 Å². The zero-order valence-corrected chi connectivity index (χ0v) is 19.0. The van der Waals surface area contributed by atoms with Crippen molar-refractivity contribution in [3.63, 3.8) is 0 Å². The summed E-state index contributed by atoms with van der Waals surface area (Å²) in [5.41, 5.74) is -0.00180. The molecule has 4 atom stereocenters. The topological polar surface area (TPSA) is 89.8 Å². The Hall–Kier alpha value is -3.71. The second-order valence-electron chi connectivity index (χ2n) is 8.65. The van der Waals surface area contributed by atoms with Crippen molar-refractivity contribution in [3.05, 3.63) is 111 Å². The standard InChI is InChI=1S/C26H21ClN2O5/c1-16-22(18-10-6-3-7-11-18)23(29(32)33)26(34-24(16)30)20-14-19(27)12-13-21(20)28(25(26)31)15-17-8-4-2-5-9-17/h2-14,16,22-23H,15H2,1H3/t16-,22+,23+,26+/m1/s1. The number of hydrogen-bond donors (Lipinski definition) is 0. The molecule has 0 N–H and O–H groups in total. The Balaban J connectivity index is 1.73. The van der Waals surface area contributed by atoms with Gasteiger partial charge in [0.1, 0.15) is 0 Å². The van der Waals surface area contributed by atoms with E-state index < -0.39 is 40.3 Å². The summed E-state index contributed by atoms with van der Waals surface area (Å²) in [4.78, 5) is 40.9. The third-order valence-electron chi connectivity index (χ3n) is 6.74. The van der Waals surface area contributed by atoms with E-state index in [2.05, 4.69) is 0 Å². The van der Waals surface area contributed by atoms with E-state index in [-0.39, 0.29) is 12.1 Å². The van der Waals surface area contributed by atoms with Crippen LogP contribution in [0.3, 0.4) is 0 Å². The molecule has 1 fully saturated rings. The van der Waals surface area contributed by atoms with Gasteiger partial charge in [0.25, 0.3) is 17.6 Å². The monoisotopic (exact) mass is 476 g/mol. The van der Waals surface area contributed by atoms with Crippen molar-refractivity contribution in [1.29, 1.82) is 0 Å². The first-order valence-corrected chi connectivity index (χ1v) is 11.3. The molecule has 1 saturated heterocycles. The van der Waals surface area contributed by atoms with Crippen LogP contribution in [-0.2, 0) is 26.5 Å². The molecule has 172 valence electrons. The SMILES string of the molecule is C[C@H]1C(=O)O[C@]2(C(=O)N(Cc3ccccc3)c3ccc(Cl)cc32)[C@@H]([N+](=O)[O-])[C@@H]1c1ccccc1. The fourth-order valence-electron chi connectivity index (χ4n) is 5.18. The fraction of sp³-hybridized carbons (Fsp3) is 0.231. The smallest absolute Gasteiger partial charge is 0.311 e. The molecule has 34 heavy (non-hydrogen) atoms. The molecule has 7 nitrogen and oxygen atoms in total. The minimum absolute atomic E-state index is 0.170. The number of nitro groups is 1. The van der Waals surface area contributed by atoms with Crippen molar-refractivity contribution >= 4 is 29.2 Å². The molecule has 0 aromatic heterocycles. The maximum Gasteiger partial charge on any atom is 0.311 e. The largest absolute Gasteiger partial charge is 0.436 e. The highest BCUT2D eigenvalue weighted by Gasteiger charge is 2.70. The van der Waals surface area contributed by atoms with Gasteiger partial charge in [-0.2, -0.15) is 0 Å². The van der Waals surface area contributed by atoms with E-state index in [9.17, 15) is 19.7 Å². The summed E-state index contributed by atoms with van der Waals surface area (Å²) in [6.07, 6.45) is 0. The van der Waals surface area contributed by atoms with E-state index in [4.69, 9.17) is 16.3 Å². The molecule has 0 radical (unpaired) electrons. The van der Waals surface area contributed by atoms with E-state index >= 15 is 0 Å². The van der Waals surface area contributed by atoms with Gasteiger partial charge in [0.05, 0.1) is 24.1 Å². The molecule has 2 aliphatic heterocycles. The molecule has 0 aliphatic carbocycles. The minimum Gasteiger partial charge on any atom is -0.436 e. The molecule has 2 heterocycles. The number of hydrogen-bond acceptors (Lipinski definition) is 5. The Morgan fingerprint density at radius 3 is 2.32 bits per heavy atom. The molecule has 8 heteroatoms. The minimum atomic E-state index is -2.12. The summed E-state index contributed by atoms with van der Waals surface area (Å²) in [5.74, 6) is -2.99. The number of carbonyl (C=O) groups is 2. The Labute approximate surface area is 201 Å². The molecule has 2 aliphatic rings. The highest BCUT2D eigenvalue weighted by molar-refractivity contribution is 6.31. The number of fused-ring (bicyclic) bond motifs is 2. The first-order chi connectivity index (χ1) is 16.3. The number of halogens is 1. The molecule has 5 rings (SSSR count). The number of rotatable bonds is 4. The Kier molecular flexibility index (Phi) is 5.37. The third kappa shape index (κ3) is 3.27. The van der Waals surface area contributed by atoms with Crippen LogP contribution in [0.1, 0.15) is 29.5 Å². The van der Waals surface area contributed by atoms with Crippen molar-refractivity contribution in [2.24, 2.45) is 5.92 Å². The number of carbonyl (C=O) groups excluding carboxylic acids is 2. The maximum absolute atomic E-state index is 14.1. The van der Waals surface area contributed by atoms with Gasteiger partial charge in [-0.25, -0.2) is 0 Å². The summed E-state index contributed by atoms with van der Waals surface area (Å²) >= 11 is 6.29. The summed E-state index contributed by atoms with van der Waals surface area (Å²) in [6, 6.07) is 21.3. The number of esters is 1. The second-order valence-corrected chi connectivity index (χ2v) is 9.09. The van der Waals surface area contributed by atoms with Crippen LogP contribution in [0.25, 0.3) is 0 Å². The Morgan fingerprint density at radius 1 is 1.03 bits per heavy atom. The Bertz CT molecular complexity index is 1280. The predicted molar refractivity (Wildman–Crippen MR) is 126 cm³/mol. The van der Waals surface area contributed by atoms with Gasteiger partial charge < -0.3 is 9.64 Å². The van der Waals surface area contributed by atoms with Crippen LogP contribution in [0, 0.1) is 16.0 Å². The van der Waals surface area contributed by atoms with Crippen molar-refractivity contribution in [2.45, 2.75) is 31.0 Å². The maximum atomic E-state index is 14.1. The molecule has 3 aromatic rings. The van der Waals surface area contributed by atoms with Crippen molar-refractivity contribution in [2.75, 3.05) is 4.90 Å². The second kappa shape index (κ2) is 8.25. The van der Waals surface area contributed by atoms with E-state index in [1.165, 1.54) is 11.0 Å². The number of ether oxygens (including phenoxy) is 1. The van der Waals surface area contributed by atoms with Crippen LogP contribution in [0.15, 0.2) is 78.9 Å². The zero-order chi connectivity index (χ0) is 24.0. The van der Waals surface area contributed by atoms with E-state index in [0.717, 1.165) is 5.56 Å². The predicted octanol–water partition coefficient (Wildman–Crippen LogP) is 4.70. The van der Waals surface area contributed by atoms with E-state index in [1.54, 1.807) is 49.4 Å². The van der Waals surface area contributed by atoms with Crippen molar-refractivity contribution in [1.82, 2.24) is 0 Å². The van der Waals surface area contributed by atoms with Crippen molar-refractivity contribution < 1.29 is 19.2 Å². The first-order valence-electron chi connectivity index (χ1n) is 10.9. The highest BCUT2D eigenvalue weighted by Crippen LogP contribution is 2.54. The quantitative estimate of drug-likeness (QED) is 0.309. The third-order valence-corrected chi connectivity index (χ3v) is 6.97. The van der Waals surface area contributed by atoms with Gasteiger partial charge in [0, 0.05) is 15.5 Å². The van der Waals surface area contributed by atoms with Gasteiger partial charge in [0.15, 0.2) is 0 Å². The highest BCUT2D eigenvalue weighted by atomic mass is 35.5. The van der Waals surface area contributed by atoms with Crippen LogP contribution < -0.4 is 4.90 Å². The summed E-state index contributed by atoms with van der Waals surface area (Å²) in [7, 11) is 0.